The van der Waals surface area contributed by atoms with Gasteiger partial charge in [-0.05, 0) is 68.2 Å². The van der Waals surface area contributed by atoms with Gasteiger partial charge < -0.3 is 9.64 Å². The van der Waals surface area contributed by atoms with Crippen LogP contribution >= 0.6 is 0 Å². The van der Waals surface area contributed by atoms with Crippen molar-refractivity contribution in [1.29, 1.82) is 0 Å². The number of nitrogens with zero attached hydrogens (tertiary/aromatic N) is 1. The Morgan fingerprint density at radius 1 is 0.938 bits per heavy atom. The molecule has 0 spiro atoms. The molecule has 0 radical (unpaired) electrons. The third-order valence-electron chi connectivity index (χ3n) is 6.57. The molecule has 0 bridgehead atoms. The highest BCUT2D eigenvalue weighted by Crippen LogP contribution is 2.50. The van der Waals surface area contributed by atoms with Gasteiger partial charge in [0.05, 0.1) is 7.11 Å². The third-order valence-corrected chi connectivity index (χ3v) is 6.57. The molecule has 32 heavy (non-hydrogen) atoms. The molecule has 0 saturated heterocycles. The summed E-state index contributed by atoms with van der Waals surface area (Å²) in [6.45, 7) is 8.65. The molecule has 3 nitrogen and oxygen atoms in total. The zero-order valence-electron chi connectivity index (χ0n) is 19.6. The second-order valence-corrected chi connectivity index (χ2v) is 9.48. The number of anilines is 1. The van der Waals surface area contributed by atoms with E-state index in [0.29, 0.717) is 0 Å². The monoisotopic (exact) mass is 425 g/mol. The topological polar surface area (TPSA) is 29.5 Å². The summed E-state index contributed by atoms with van der Waals surface area (Å²) < 4.78 is 5.36. The molecule has 164 valence electrons. The average molecular weight is 426 g/mol. The van der Waals surface area contributed by atoms with Crippen LogP contribution in [0.3, 0.4) is 0 Å². The smallest absolute Gasteiger partial charge is 0.251 e. The van der Waals surface area contributed by atoms with Crippen molar-refractivity contribution in [3.05, 3.63) is 101 Å². The number of aryl methyl sites for hydroxylation is 1. The number of hydrogen-bond acceptors (Lipinski definition) is 2. The van der Waals surface area contributed by atoms with E-state index in [0.717, 1.165) is 23.4 Å². The Hall–Kier alpha value is -3.33. The van der Waals surface area contributed by atoms with Crippen molar-refractivity contribution in [2.45, 2.75) is 45.1 Å². The van der Waals surface area contributed by atoms with Gasteiger partial charge in [-0.2, -0.15) is 0 Å². The molecule has 3 heteroatoms. The summed E-state index contributed by atoms with van der Waals surface area (Å²) >= 11 is 0. The molecule has 1 aliphatic heterocycles. The lowest BCUT2D eigenvalue weighted by atomic mass is 9.65. The molecular weight excluding hydrogens is 394 g/mol. The first kappa shape index (κ1) is 21.9. The molecule has 3 aromatic rings. The Kier molecular flexibility index (Phi) is 5.68. The third kappa shape index (κ3) is 3.95. The lowest BCUT2D eigenvalue weighted by Gasteiger charge is -2.51. The molecular formula is C29H31NO2. The average Bonchev–Trinajstić information content (AvgIpc) is 2.78. The minimum Gasteiger partial charge on any atom is -0.497 e. The van der Waals surface area contributed by atoms with Crippen LogP contribution in [0, 0.1) is 6.92 Å². The first-order valence-corrected chi connectivity index (χ1v) is 11.1. The van der Waals surface area contributed by atoms with Crippen LogP contribution in [0.25, 0.3) is 6.08 Å². The van der Waals surface area contributed by atoms with Gasteiger partial charge in [0.1, 0.15) is 5.75 Å². The minimum atomic E-state index is -0.363. The number of methoxy groups -OCH3 is 1. The Labute approximate surface area is 191 Å². The summed E-state index contributed by atoms with van der Waals surface area (Å²) in [5.74, 6) is 0.846. The van der Waals surface area contributed by atoms with Crippen molar-refractivity contribution < 1.29 is 9.53 Å². The lowest BCUT2D eigenvalue weighted by molar-refractivity contribution is -0.115. The number of ether oxygens (including phenoxy) is 1. The van der Waals surface area contributed by atoms with Crippen LogP contribution in [-0.4, -0.2) is 18.6 Å². The van der Waals surface area contributed by atoms with E-state index in [9.17, 15) is 4.79 Å². The Balaban J connectivity index is 1.74. The predicted octanol–water partition coefficient (Wildman–Crippen LogP) is 6.54. The molecule has 0 N–H and O–H groups in total. The largest absolute Gasteiger partial charge is 0.497 e. The second-order valence-electron chi connectivity index (χ2n) is 9.48. The maximum absolute atomic E-state index is 13.5. The standard InChI is InChI=1S/C29H31NO2/c1-21-10-12-22(13-11-21)14-19-27(31)30-26-9-7-6-8-25(26)29(4,20-28(30,2)3)23-15-17-24(32-5)18-16-23/h6-19H,20H2,1-5H3/b19-14+. The van der Waals surface area contributed by atoms with Crippen molar-refractivity contribution in [2.24, 2.45) is 0 Å². The molecule has 0 saturated carbocycles. The fourth-order valence-corrected chi connectivity index (χ4v) is 5.05. The van der Waals surface area contributed by atoms with E-state index >= 15 is 0 Å². The maximum atomic E-state index is 13.5. The Bertz CT molecular complexity index is 1140. The Morgan fingerprint density at radius 3 is 2.25 bits per heavy atom. The number of benzene rings is 3. The summed E-state index contributed by atoms with van der Waals surface area (Å²) in [5, 5.41) is 0. The van der Waals surface area contributed by atoms with E-state index in [1.165, 1.54) is 16.7 Å². The summed E-state index contributed by atoms with van der Waals surface area (Å²) in [7, 11) is 1.68. The molecule has 1 unspecified atom stereocenters. The quantitative estimate of drug-likeness (QED) is 0.444. The number of hydrogen-bond donors (Lipinski definition) is 0. The molecule has 0 fully saturated rings. The van der Waals surface area contributed by atoms with Crippen LogP contribution < -0.4 is 9.64 Å². The van der Waals surface area contributed by atoms with Gasteiger partial charge in [-0.1, -0.05) is 67.1 Å². The highest BCUT2D eigenvalue weighted by atomic mass is 16.5. The van der Waals surface area contributed by atoms with Gasteiger partial charge >= 0.3 is 0 Å². The zero-order chi connectivity index (χ0) is 22.9. The van der Waals surface area contributed by atoms with Crippen LogP contribution in [0.2, 0.25) is 0 Å². The van der Waals surface area contributed by atoms with E-state index < -0.39 is 0 Å². The highest BCUT2D eigenvalue weighted by Gasteiger charge is 2.47. The summed E-state index contributed by atoms with van der Waals surface area (Å²) in [6, 6.07) is 24.8. The minimum absolute atomic E-state index is 0.000180. The van der Waals surface area contributed by atoms with E-state index in [1.807, 2.05) is 41.3 Å². The SMILES string of the molecule is COc1ccc(C2(C)CC(C)(C)N(C(=O)/C=C/c3ccc(C)cc3)c3ccccc32)cc1. The first-order valence-electron chi connectivity index (χ1n) is 11.1. The number of fused-ring (bicyclic) bond motifs is 1. The first-order chi connectivity index (χ1) is 15.2. The predicted molar refractivity (Wildman–Crippen MR) is 132 cm³/mol. The van der Waals surface area contributed by atoms with Crippen LogP contribution in [0.5, 0.6) is 5.75 Å². The molecule has 3 aromatic carbocycles. The van der Waals surface area contributed by atoms with Gasteiger partial charge in [0.15, 0.2) is 0 Å². The van der Waals surface area contributed by atoms with E-state index in [-0.39, 0.29) is 16.9 Å². The summed E-state index contributed by atoms with van der Waals surface area (Å²) in [4.78, 5) is 15.4. The van der Waals surface area contributed by atoms with Gasteiger partial charge in [0, 0.05) is 22.7 Å². The molecule has 1 heterocycles. The van der Waals surface area contributed by atoms with Crippen molar-refractivity contribution in [1.82, 2.24) is 0 Å². The number of para-hydroxylation sites is 1. The molecule has 0 aromatic heterocycles. The van der Waals surface area contributed by atoms with Crippen LogP contribution in [0.4, 0.5) is 5.69 Å². The van der Waals surface area contributed by atoms with Gasteiger partial charge in [-0.15, -0.1) is 0 Å². The normalized spacial score (nSPS) is 19.6. The van der Waals surface area contributed by atoms with Gasteiger partial charge in [0.2, 0.25) is 0 Å². The fraction of sp³-hybridized carbons (Fsp3) is 0.276. The molecule has 1 amide bonds. The van der Waals surface area contributed by atoms with Crippen molar-refractivity contribution in [3.8, 4) is 5.75 Å². The molecule has 0 aliphatic carbocycles. The summed E-state index contributed by atoms with van der Waals surface area (Å²) in [6.07, 6.45) is 4.41. The van der Waals surface area contributed by atoms with Gasteiger partial charge in [0.25, 0.3) is 5.91 Å². The fourth-order valence-electron chi connectivity index (χ4n) is 5.05. The Morgan fingerprint density at radius 2 is 1.59 bits per heavy atom. The maximum Gasteiger partial charge on any atom is 0.251 e. The van der Waals surface area contributed by atoms with Crippen molar-refractivity contribution in [2.75, 3.05) is 12.0 Å². The number of amides is 1. The highest BCUT2D eigenvalue weighted by molar-refractivity contribution is 6.06. The number of carbonyl (C=O) groups is 1. The molecule has 1 aliphatic rings. The second kappa shape index (κ2) is 8.31. The molecule has 4 rings (SSSR count). The van der Waals surface area contributed by atoms with Crippen molar-refractivity contribution in [3.63, 3.8) is 0 Å². The summed E-state index contributed by atoms with van der Waals surface area (Å²) in [5.41, 5.74) is 5.01. The van der Waals surface area contributed by atoms with Crippen LogP contribution in [0.15, 0.2) is 78.9 Å². The van der Waals surface area contributed by atoms with Crippen LogP contribution in [0.1, 0.15) is 49.4 Å². The van der Waals surface area contributed by atoms with Crippen LogP contribution in [-0.2, 0) is 10.2 Å². The van der Waals surface area contributed by atoms with E-state index in [1.54, 1.807) is 13.2 Å². The van der Waals surface area contributed by atoms with E-state index in [4.69, 9.17) is 4.74 Å². The lowest BCUT2D eigenvalue weighted by Crippen LogP contribution is -2.55. The molecule has 1 atom stereocenters. The van der Waals surface area contributed by atoms with Gasteiger partial charge in [-0.25, -0.2) is 0 Å². The number of carbonyl (C=O) groups excluding carboxylic acids is 1. The van der Waals surface area contributed by atoms with Gasteiger partial charge in [-0.3, -0.25) is 4.79 Å². The number of rotatable bonds is 4. The van der Waals surface area contributed by atoms with Crippen molar-refractivity contribution >= 4 is 17.7 Å². The zero-order valence-corrected chi connectivity index (χ0v) is 19.6. The van der Waals surface area contributed by atoms with E-state index in [2.05, 4.69) is 70.2 Å².